The summed E-state index contributed by atoms with van der Waals surface area (Å²) in [6, 6.07) is 3.26. The van der Waals surface area contributed by atoms with Gasteiger partial charge in [-0.15, -0.1) is 0 Å². The van der Waals surface area contributed by atoms with Gasteiger partial charge in [-0.3, -0.25) is 4.79 Å². The smallest absolute Gasteiger partial charge is 0.339 e. The number of carbonyl (C=O) groups is 2. The highest BCUT2D eigenvalue weighted by Gasteiger charge is 2.33. The molecule has 4 nitrogen and oxygen atoms in total. The molecule has 90 valence electrons. The standard InChI is InChI=1S/C12H12ClNO3/c1-6-7-4-9(13)8(12(16)17-3)5-10(7)14(2)11(6)15/h4-6H,1-3H3. The summed E-state index contributed by atoms with van der Waals surface area (Å²) in [5.41, 5.74) is 1.84. The van der Waals surface area contributed by atoms with Gasteiger partial charge in [-0.05, 0) is 24.6 Å². The number of benzene rings is 1. The van der Waals surface area contributed by atoms with E-state index in [0.29, 0.717) is 10.7 Å². The molecule has 2 rings (SSSR count). The summed E-state index contributed by atoms with van der Waals surface area (Å²) < 4.78 is 4.64. The van der Waals surface area contributed by atoms with Crippen LogP contribution in [-0.4, -0.2) is 26.0 Å². The molecule has 0 aliphatic carbocycles. The van der Waals surface area contributed by atoms with Gasteiger partial charge < -0.3 is 9.64 Å². The zero-order valence-corrected chi connectivity index (χ0v) is 10.5. The van der Waals surface area contributed by atoms with Gasteiger partial charge in [0.1, 0.15) is 0 Å². The van der Waals surface area contributed by atoms with Crippen molar-refractivity contribution in [2.24, 2.45) is 0 Å². The normalized spacial score (nSPS) is 18.2. The van der Waals surface area contributed by atoms with E-state index in [-0.39, 0.29) is 17.4 Å². The van der Waals surface area contributed by atoms with Gasteiger partial charge in [0.2, 0.25) is 5.91 Å². The average Bonchev–Trinajstić information content (AvgIpc) is 2.53. The van der Waals surface area contributed by atoms with Crippen molar-refractivity contribution in [2.75, 3.05) is 19.1 Å². The Labute approximate surface area is 104 Å². The Morgan fingerprint density at radius 2 is 2.12 bits per heavy atom. The number of methoxy groups -OCH3 is 1. The molecule has 1 aromatic carbocycles. The second kappa shape index (κ2) is 4.04. The molecule has 17 heavy (non-hydrogen) atoms. The van der Waals surface area contributed by atoms with Crippen molar-refractivity contribution in [1.29, 1.82) is 0 Å². The highest BCUT2D eigenvalue weighted by molar-refractivity contribution is 6.34. The third-order valence-corrected chi connectivity index (χ3v) is 3.36. The first kappa shape index (κ1) is 11.9. The number of fused-ring (bicyclic) bond motifs is 1. The lowest BCUT2D eigenvalue weighted by molar-refractivity contribution is -0.118. The fourth-order valence-corrected chi connectivity index (χ4v) is 2.27. The summed E-state index contributed by atoms with van der Waals surface area (Å²) in [4.78, 5) is 24.8. The van der Waals surface area contributed by atoms with Gasteiger partial charge in [0.05, 0.1) is 23.6 Å². The molecule has 5 heteroatoms. The lowest BCUT2D eigenvalue weighted by Gasteiger charge is -2.11. The molecular formula is C12H12ClNO3. The van der Waals surface area contributed by atoms with Crippen LogP contribution in [0.5, 0.6) is 0 Å². The zero-order valence-electron chi connectivity index (χ0n) is 9.78. The van der Waals surface area contributed by atoms with Crippen molar-refractivity contribution in [3.63, 3.8) is 0 Å². The molecular weight excluding hydrogens is 242 g/mol. The highest BCUT2D eigenvalue weighted by Crippen LogP contribution is 2.39. The SMILES string of the molecule is COC(=O)c1cc2c(cc1Cl)C(C)C(=O)N2C. The number of anilines is 1. The van der Waals surface area contributed by atoms with Crippen molar-refractivity contribution < 1.29 is 14.3 Å². The van der Waals surface area contributed by atoms with E-state index >= 15 is 0 Å². The molecule has 1 amide bonds. The molecule has 1 aliphatic heterocycles. The minimum Gasteiger partial charge on any atom is -0.465 e. The van der Waals surface area contributed by atoms with E-state index < -0.39 is 5.97 Å². The van der Waals surface area contributed by atoms with Crippen molar-refractivity contribution in [3.8, 4) is 0 Å². The highest BCUT2D eigenvalue weighted by atomic mass is 35.5. The first-order valence-corrected chi connectivity index (χ1v) is 5.54. The lowest BCUT2D eigenvalue weighted by atomic mass is 10.0. The number of likely N-dealkylation sites (N-methyl/N-ethyl adjacent to an activating group) is 1. The summed E-state index contributed by atoms with van der Waals surface area (Å²) in [7, 11) is 2.98. The number of esters is 1. The Balaban J connectivity index is 2.59. The number of amides is 1. The van der Waals surface area contributed by atoms with Gasteiger partial charge in [-0.1, -0.05) is 11.6 Å². The van der Waals surface area contributed by atoms with E-state index in [1.165, 1.54) is 12.0 Å². The van der Waals surface area contributed by atoms with E-state index in [1.807, 2.05) is 6.92 Å². The summed E-state index contributed by atoms with van der Waals surface area (Å²) in [6.07, 6.45) is 0. The molecule has 0 spiro atoms. The Hall–Kier alpha value is -1.55. The van der Waals surface area contributed by atoms with E-state index in [4.69, 9.17) is 11.6 Å². The second-order valence-electron chi connectivity index (χ2n) is 4.00. The molecule has 0 aromatic heterocycles. The number of hydrogen-bond acceptors (Lipinski definition) is 3. The number of rotatable bonds is 1. The van der Waals surface area contributed by atoms with Crippen molar-refractivity contribution >= 4 is 29.2 Å². The van der Waals surface area contributed by atoms with Gasteiger partial charge in [0.15, 0.2) is 0 Å². The van der Waals surface area contributed by atoms with Crippen LogP contribution in [0.2, 0.25) is 5.02 Å². The summed E-state index contributed by atoms with van der Waals surface area (Å²) in [5.74, 6) is -0.726. The molecule has 1 heterocycles. The van der Waals surface area contributed by atoms with Crippen LogP contribution in [0.25, 0.3) is 0 Å². The van der Waals surface area contributed by atoms with Crippen molar-refractivity contribution in [1.82, 2.24) is 0 Å². The maximum Gasteiger partial charge on any atom is 0.339 e. The van der Waals surface area contributed by atoms with E-state index in [2.05, 4.69) is 4.74 Å². The minimum atomic E-state index is -0.502. The molecule has 0 saturated heterocycles. The van der Waals surface area contributed by atoms with E-state index in [0.717, 1.165) is 5.56 Å². The largest absolute Gasteiger partial charge is 0.465 e. The molecule has 0 saturated carbocycles. The second-order valence-corrected chi connectivity index (χ2v) is 4.41. The van der Waals surface area contributed by atoms with Crippen LogP contribution in [-0.2, 0) is 9.53 Å². The molecule has 1 unspecified atom stereocenters. The van der Waals surface area contributed by atoms with Crippen LogP contribution in [0, 0.1) is 0 Å². The average molecular weight is 254 g/mol. The third kappa shape index (κ3) is 1.69. The summed E-state index contributed by atoms with van der Waals surface area (Å²) in [6.45, 7) is 1.82. The molecule has 0 radical (unpaired) electrons. The van der Waals surface area contributed by atoms with E-state index in [1.54, 1.807) is 19.2 Å². The number of nitrogens with zero attached hydrogens (tertiary/aromatic N) is 1. The number of ether oxygens (including phenoxy) is 1. The fourth-order valence-electron chi connectivity index (χ4n) is 2.02. The van der Waals surface area contributed by atoms with Crippen molar-refractivity contribution in [2.45, 2.75) is 12.8 Å². The first-order chi connectivity index (χ1) is 7.97. The van der Waals surface area contributed by atoms with Crippen LogP contribution >= 0.6 is 11.6 Å². The molecule has 0 N–H and O–H groups in total. The van der Waals surface area contributed by atoms with Crippen LogP contribution in [0.3, 0.4) is 0 Å². The third-order valence-electron chi connectivity index (χ3n) is 3.05. The Bertz CT molecular complexity index is 513. The van der Waals surface area contributed by atoms with Gasteiger partial charge in [-0.2, -0.15) is 0 Å². The minimum absolute atomic E-state index is 0.00178. The van der Waals surface area contributed by atoms with Gasteiger partial charge in [-0.25, -0.2) is 4.79 Å². The Morgan fingerprint density at radius 3 is 2.71 bits per heavy atom. The zero-order chi connectivity index (χ0) is 12.7. The maximum atomic E-state index is 11.8. The van der Waals surface area contributed by atoms with Gasteiger partial charge in [0, 0.05) is 12.7 Å². The van der Waals surface area contributed by atoms with Crippen LogP contribution in [0.4, 0.5) is 5.69 Å². The summed E-state index contributed by atoms with van der Waals surface area (Å²) in [5, 5.41) is 0.311. The van der Waals surface area contributed by atoms with Crippen LogP contribution in [0.15, 0.2) is 12.1 Å². The molecule has 1 atom stereocenters. The number of halogens is 1. The lowest BCUT2D eigenvalue weighted by Crippen LogP contribution is -2.22. The molecule has 1 aromatic rings. The topological polar surface area (TPSA) is 46.6 Å². The first-order valence-electron chi connectivity index (χ1n) is 5.16. The van der Waals surface area contributed by atoms with Crippen LogP contribution in [0.1, 0.15) is 28.8 Å². The Morgan fingerprint density at radius 1 is 1.47 bits per heavy atom. The predicted octanol–water partition coefficient (Wildman–Crippen LogP) is 2.21. The summed E-state index contributed by atoms with van der Waals surface area (Å²) >= 11 is 6.01. The monoisotopic (exact) mass is 253 g/mol. The van der Waals surface area contributed by atoms with Crippen LogP contribution < -0.4 is 4.90 Å². The molecule has 1 aliphatic rings. The molecule has 0 fully saturated rings. The molecule has 0 bridgehead atoms. The van der Waals surface area contributed by atoms with Crippen molar-refractivity contribution in [3.05, 3.63) is 28.3 Å². The quantitative estimate of drug-likeness (QED) is 0.721. The number of hydrogen-bond donors (Lipinski definition) is 0. The number of carbonyl (C=O) groups excluding carboxylic acids is 2. The Kier molecular flexibility index (Phi) is 2.83. The fraction of sp³-hybridized carbons (Fsp3) is 0.333. The maximum absolute atomic E-state index is 11.8. The van der Waals surface area contributed by atoms with Gasteiger partial charge >= 0.3 is 5.97 Å². The predicted molar refractivity (Wildman–Crippen MR) is 64.6 cm³/mol. The van der Waals surface area contributed by atoms with Gasteiger partial charge in [0.25, 0.3) is 0 Å². The van der Waals surface area contributed by atoms with E-state index in [9.17, 15) is 9.59 Å².